The summed E-state index contributed by atoms with van der Waals surface area (Å²) in [6, 6.07) is 0. The van der Waals surface area contributed by atoms with Gasteiger partial charge < -0.3 is 4.74 Å². The minimum absolute atomic E-state index is 0.163. The van der Waals surface area contributed by atoms with Crippen LogP contribution in [0, 0.1) is 0 Å². The topological polar surface area (TPSA) is 80.7 Å². The van der Waals surface area contributed by atoms with Gasteiger partial charge >= 0.3 is 5.97 Å². The van der Waals surface area contributed by atoms with Crippen LogP contribution in [-0.2, 0) is 19.6 Å². The van der Waals surface area contributed by atoms with Gasteiger partial charge in [0.25, 0.3) is 10.1 Å². The van der Waals surface area contributed by atoms with Gasteiger partial charge in [-0.25, -0.2) is 4.79 Å². The van der Waals surface area contributed by atoms with Gasteiger partial charge in [-0.1, -0.05) is 32.3 Å². The van der Waals surface area contributed by atoms with E-state index in [9.17, 15) is 13.2 Å². The number of unbranched alkanes of at least 4 members (excludes halogenated alkanes) is 5. The fraction of sp³-hybridized carbons (Fsp3) is 0.727. The molecule has 0 heterocycles. The molecule has 0 atom stereocenters. The smallest absolute Gasteiger partial charge is 0.330 e. The van der Waals surface area contributed by atoms with Gasteiger partial charge in [0.2, 0.25) is 0 Å². The summed E-state index contributed by atoms with van der Waals surface area (Å²) >= 11 is 0. The molecule has 0 saturated carbocycles. The van der Waals surface area contributed by atoms with Crippen LogP contribution >= 0.6 is 0 Å². The zero-order valence-electron chi connectivity index (χ0n) is 9.93. The van der Waals surface area contributed by atoms with Crippen molar-refractivity contribution in [2.45, 2.75) is 38.5 Å². The second-order valence-corrected chi connectivity index (χ2v) is 5.35. The molecule has 0 fully saturated rings. The summed E-state index contributed by atoms with van der Waals surface area (Å²) in [7, 11) is -3.80. The summed E-state index contributed by atoms with van der Waals surface area (Å²) in [6.07, 6.45) is 6.04. The third kappa shape index (κ3) is 13.1. The van der Waals surface area contributed by atoms with Crippen LogP contribution in [0.5, 0.6) is 0 Å². The van der Waals surface area contributed by atoms with Crippen molar-refractivity contribution in [3.05, 3.63) is 12.7 Å². The molecule has 0 aliphatic heterocycles. The molecule has 0 aliphatic rings. The zero-order valence-corrected chi connectivity index (χ0v) is 10.7. The van der Waals surface area contributed by atoms with Gasteiger partial charge in [0, 0.05) is 6.08 Å². The molecule has 0 aromatic rings. The largest absolute Gasteiger partial charge is 0.463 e. The number of hydrogen-bond acceptors (Lipinski definition) is 4. The Hall–Kier alpha value is -0.880. The molecule has 0 spiro atoms. The molecule has 0 radical (unpaired) electrons. The number of rotatable bonds is 10. The Balaban J connectivity index is 3.19. The van der Waals surface area contributed by atoms with Crippen molar-refractivity contribution < 1.29 is 22.5 Å². The molecule has 100 valence electrons. The number of hydrogen-bond donors (Lipinski definition) is 1. The maximum atomic E-state index is 10.7. The van der Waals surface area contributed by atoms with Crippen LogP contribution in [0.15, 0.2) is 12.7 Å². The van der Waals surface area contributed by atoms with Gasteiger partial charge in [-0.15, -0.1) is 0 Å². The Morgan fingerprint density at radius 2 is 1.65 bits per heavy atom. The van der Waals surface area contributed by atoms with Crippen LogP contribution in [0.4, 0.5) is 0 Å². The van der Waals surface area contributed by atoms with E-state index in [1.807, 2.05) is 0 Å². The lowest BCUT2D eigenvalue weighted by molar-refractivity contribution is -0.137. The first-order chi connectivity index (χ1) is 7.95. The van der Waals surface area contributed by atoms with Crippen LogP contribution in [0.1, 0.15) is 38.5 Å². The lowest BCUT2D eigenvalue weighted by atomic mass is 10.1. The highest BCUT2D eigenvalue weighted by Gasteiger charge is 2.02. The number of ether oxygens (including phenoxy) is 1. The Morgan fingerprint density at radius 1 is 1.12 bits per heavy atom. The van der Waals surface area contributed by atoms with E-state index in [1.165, 1.54) is 0 Å². The molecule has 6 heteroatoms. The van der Waals surface area contributed by atoms with E-state index in [-0.39, 0.29) is 5.75 Å². The predicted molar refractivity (Wildman–Crippen MR) is 65.3 cm³/mol. The van der Waals surface area contributed by atoms with Crippen LogP contribution in [0.25, 0.3) is 0 Å². The zero-order chi connectivity index (χ0) is 13.1. The molecule has 0 unspecified atom stereocenters. The Bertz CT molecular complexity index is 321. The summed E-state index contributed by atoms with van der Waals surface area (Å²) in [6.45, 7) is 3.68. The highest BCUT2D eigenvalue weighted by atomic mass is 32.2. The highest BCUT2D eigenvalue weighted by Crippen LogP contribution is 2.06. The Morgan fingerprint density at radius 3 is 2.18 bits per heavy atom. The van der Waals surface area contributed by atoms with Crippen LogP contribution in [-0.4, -0.2) is 31.3 Å². The summed E-state index contributed by atoms with van der Waals surface area (Å²) < 4.78 is 34.1. The van der Waals surface area contributed by atoms with Crippen molar-refractivity contribution in [3.8, 4) is 0 Å². The average molecular weight is 264 g/mol. The van der Waals surface area contributed by atoms with E-state index in [1.54, 1.807) is 0 Å². The van der Waals surface area contributed by atoms with Gasteiger partial charge in [0.05, 0.1) is 12.4 Å². The lowest BCUT2D eigenvalue weighted by Gasteiger charge is -2.02. The van der Waals surface area contributed by atoms with Crippen molar-refractivity contribution in [1.82, 2.24) is 0 Å². The monoisotopic (exact) mass is 264 g/mol. The molecule has 0 aromatic carbocycles. The summed E-state index contributed by atoms with van der Waals surface area (Å²) in [5.41, 5.74) is 0. The van der Waals surface area contributed by atoms with Crippen molar-refractivity contribution in [2.24, 2.45) is 0 Å². The molecule has 0 amide bonds. The molecular formula is C11H20O5S. The van der Waals surface area contributed by atoms with E-state index in [0.29, 0.717) is 13.0 Å². The minimum atomic E-state index is -3.80. The average Bonchev–Trinajstić information content (AvgIpc) is 2.25. The van der Waals surface area contributed by atoms with Gasteiger partial charge in [0.15, 0.2) is 0 Å². The molecular weight excluding hydrogens is 244 g/mol. The second-order valence-electron chi connectivity index (χ2n) is 3.78. The van der Waals surface area contributed by atoms with Crippen molar-refractivity contribution >= 4 is 16.1 Å². The standard InChI is InChI=1S/C11H20O5S/c1-2-11(12)16-9-7-5-3-4-6-8-10-17(13,14)15/h2H,1,3-10H2,(H,13,14,15). The van der Waals surface area contributed by atoms with E-state index in [0.717, 1.165) is 38.2 Å². The molecule has 5 nitrogen and oxygen atoms in total. The predicted octanol–water partition coefficient (Wildman–Crippen LogP) is 1.94. The molecule has 0 bridgehead atoms. The van der Waals surface area contributed by atoms with Gasteiger partial charge in [-0.2, -0.15) is 8.42 Å². The van der Waals surface area contributed by atoms with Gasteiger partial charge in [-0.05, 0) is 12.8 Å². The fourth-order valence-corrected chi connectivity index (χ4v) is 1.89. The molecule has 1 N–H and O–H groups in total. The normalized spacial score (nSPS) is 11.1. The Labute approximate surface area is 103 Å². The van der Waals surface area contributed by atoms with Crippen molar-refractivity contribution in [3.63, 3.8) is 0 Å². The van der Waals surface area contributed by atoms with Gasteiger partial charge in [-0.3, -0.25) is 4.55 Å². The van der Waals surface area contributed by atoms with Crippen LogP contribution < -0.4 is 0 Å². The maximum Gasteiger partial charge on any atom is 0.330 e. The first-order valence-corrected chi connectivity index (χ1v) is 7.31. The molecule has 0 aromatic heterocycles. The Kier molecular flexibility index (Phi) is 8.71. The second kappa shape index (κ2) is 9.18. The quantitative estimate of drug-likeness (QED) is 0.282. The van der Waals surface area contributed by atoms with E-state index < -0.39 is 16.1 Å². The third-order valence-electron chi connectivity index (χ3n) is 2.21. The van der Waals surface area contributed by atoms with Crippen LogP contribution in [0.2, 0.25) is 0 Å². The third-order valence-corrected chi connectivity index (χ3v) is 3.01. The van der Waals surface area contributed by atoms with Gasteiger partial charge in [0.1, 0.15) is 0 Å². The lowest BCUT2D eigenvalue weighted by Crippen LogP contribution is -2.03. The maximum absolute atomic E-state index is 10.7. The number of carbonyl (C=O) groups excluding carboxylic acids is 1. The molecule has 0 saturated heterocycles. The van der Waals surface area contributed by atoms with Crippen LogP contribution in [0.3, 0.4) is 0 Å². The summed E-state index contributed by atoms with van der Waals surface area (Å²) in [5, 5.41) is 0. The minimum Gasteiger partial charge on any atom is -0.463 e. The number of carbonyl (C=O) groups is 1. The van der Waals surface area contributed by atoms with E-state index in [4.69, 9.17) is 9.29 Å². The first kappa shape index (κ1) is 16.1. The molecule has 17 heavy (non-hydrogen) atoms. The number of esters is 1. The van der Waals surface area contributed by atoms with Crippen molar-refractivity contribution in [1.29, 1.82) is 0 Å². The highest BCUT2D eigenvalue weighted by molar-refractivity contribution is 7.85. The molecule has 0 aliphatic carbocycles. The van der Waals surface area contributed by atoms with E-state index in [2.05, 4.69) is 6.58 Å². The molecule has 0 rings (SSSR count). The SMILES string of the molecule is C=CC(=O)OCCCCCCCCS(=O)(=O)O. The first-order valence-electron chi connectivity index (χ1n) is 5.70. The summed E-state index contributed by atoms with van der Waals surface area (Å²) in [4.78, 5) is 10.7. The fourth-order valence-electron chi connectivity index (χ4n) is 1.33. The summed E-state index contributed by atoms with van der Waals surface area (Å²) in [5.74, 6) is -0.567. The van der Waals surface area contributed by atoms with Crippen molar-refractivity contribution in [2.75, 3.05) is 12.4 Å². The van der Waals surface area contributed by atoms with E-state index >= 15 is 0 Å².